The molecule has 0 aliphatic heterocycles. The quantitative estimate of drug-likeness (QED) is 0.607. The SMILES string of the molecule is COc1cc(Cl)ccc1NC(=O)Oc1ccc(OCc2ccccc2)cc1. The van der Waals surface area contributed by atoms with Crippen molar-refractivity contribution in [1.82, 2.24) is 0 Å². The minimum absolute atomic E-state index is 0.396. The molecule has 5 nitrogen and oxygen atoms in total. The third-order valence-electron chi connectivity index (χ3n) is 3.68. The molecule has 0 saturated carbocycles. The Morgan fingerprint density at radius 3 is 2.37 bits per heavy atom. The number of halogens is 1. The molecule has 6 heteroatoms. The Balaban J connectivity index is 1.55. The largest absolute Gasteiger partial charge is 0.495 e. The molecule has 0 saturated heterocycles. The van der Waals surface area contributed by atoms with Crippen molar-refractivity contribution in [3.8, 4) is 17.2 Å². The van der Waals surface area contributed by atoms with E-state index in [1.54, 1.807) is 42.5 Å². The number of hydrogen-bond donors (Lipinski definition) is 1. The molecule has 3 rings (SSSR count). The van der Waals surface area contributed by atoms with Gasteiger partial charge in [0.25, 0.3) is 0 Å². The average molecular weight is 384 g/mol. The van der Waals surface area contributed by atoms with Crippen LogP contribution >= 0.6 is 11.6 Å². The third kappa shape index (κ3) is 5.39. The number of benzene rings is 3. The first-order valence-electron chi connectivity index (χ1n) is 8.23. The van der Waals surface area contributed by atoms with E-state index in [1.807, 2.05) is 30.3 Å². The number of anilines is 1. The van der Waals surface area contributed by atoms with E-state index in [2.05, 4.69) is 5.32 Å². The predicted octanol–water partition coefficient (Wildman–Crippen LogP) is 5.54. The summed E-state index contributed by atoms with van der Waals surface area (Å²) in [6.07, 6.45) is -0.631. The van der Waals surface area contributed by atoms with Crippen molar-refractivity contribution in [2.45, 2.75) is 6.61 Å². The van der Waals surface area contributed by atoms with E-state index < -0.39 is 6.09 Å². The van der Waals surface area contributed by atoms with Gasteiger partial charge in [0.05, 0.1) is 12.8 Å². The highest BCUT2D eigenvalue weighted by molar-refractivity contribution is 6.30. The molecule has 1 amide bonds. The highest BCUT2D eigenvalue weighted by Gasteiger charge is 2.10. The van der Waals surface area contributed by atoms with Gasteiger partial charge in [-0.3, -0.25) is 5.32 Å². The number of carbonyl (C=O) groups is 1. The van der Waals surface area contributed by atoms with Crippen LogP contribution < -0.4 is 19.5 Å². The van der Waals surface area contributed by atoms with Gasteiger partial charge in [0, 0.05) is 11.1 Å². The van der Waals surface area contributed by atoms with E-state index in [-0.39, 0.29) is 0 Å². The van der Waals surface area contributed by atoms with Crippen LogP contribution in [0.4, 0.5) is 10.5 Å². The summed E-state index contributed by atoms with van der Waals surface area (Å²) in [6.45, 7) is 0.470. The Bertz CT molecular complexity index is 898. The molecule has 0 atom stereocenters. The molecule has 0 aliphatic rings. The first-order valence-corrected chi connectivity index (χ1v) is 8.61. The van der Waals surface area contributed by atoms with Gasteiger partial charge in [-0.2, -0.15) is 0 Å². The van der Waals surface area contributed by atoms with Crippen LogP contribution in [0.25, 0.3) is 0 Å². The van der Waals surface area contributed by atoms with Crippen LogP contribution in [0.2, 0.25) is 5.02 Å². The van der Waals surface area contributed by atoms with Gasteiger partial charge in [-0.15, -0.1) is 0 Å². The first kappa shape index (κ1) is 18.6. The summed E-state index contributed by atoms with van der Waals surface area (Å²) in [6, 6.07) is 21.6. The van der Waals surface area contributed by atoms with Crippen molar-refractivity contribution in [3.63, 3.8) is 0 Å². The van der Waals surface area contributed by atoms with Gasteiger partial charge in [-0.05, 0) is 42.0 Å². The zero-order chi connectivity index (χ0) is 19.1. The van der Waals surface area contributed by atoms with Crippen LogP contribution in [0.5, 0.6) is 17.2 Å². The lowest BCUT2D eigenvalue weighted by molar-refractivity contribution is 0.215. The monoisotopic (exact) mass is 383 g/mol. The Hall–Kier alpha value is -3.18. The van der Waals surface area contributed by atoms with E-state index in [9.17, 15) is 4.79 Å². The molecule has 0 heterocycles. The molecule has 0 spiro atoms. The van der Waals surface area contributed by atoms with E-state index >= 15 is 0 Å². The maximum atomic E-state index is 12.1. The molecule has 0 aliphatic carbocycles. The summed E-state index contributed by atoms with van der Waals surface area (Å²) < 4.78 is 16.2. The van der Waals surface area contributed by atoms with Crippen LogP contribution in [0.1, 0.15) is 5.56 Å². The molecule has 0 unspecified atom stereocenters. The normalized spacial score (nSPS) is 10.1. The fourth-order valence-electron chi connectivity index (χ4n) is 2.36. The van der Waals surface area contributed by atoms with Crippen LogP contribution in [0.15, 0.2) is 72.8 Å². The molecular formula is C21H18ClNO4. The Labute approximate surface area is 162 Å². The number of methoxy groups -OCH3 is 1. The summed E-state index contributed by atoms with van der Waals surface area (Å²) in [7, 11) is 1.50. The summed E-state index contributed by atoms with van der Waals surface area (Å²) >= 11 is 5.91. The highest BCUT2D eigenvalue weighted by Crippen LogP contribution is 2.28. The van der Waals surface area contributed by atoms with Crippen molar-refractivity contribution >= 4 is 23.4 Å². The van der Waals surface area contributed by atoms with Crippen LogP contribution in [-0.2, 0) is 6.61 Å². The number of ether oxygens (including phenoxy) is 3. The van der Waals surface area contributed by atoms with Gasteiger partial charge >= 0.3 is 6.09 Å². The molecule has 0 fully saturated rings. The second kappa shape index (κ2) is 8.96. The van der Waals surface area contributed by atoms with Crippen molar-refractivity contribution in [2.75, 3.05) is 12.4 Å². The molecule has 1 N–H and O–H groups in total. The van der Waals surface area contributed by atoms with Gasteiger partial charge in [-0.1, -0.05) is 41.9 Å². The summed E-state index contributed by atoms with van der Waals surface area (Å²) in [5.74, 6) is 1.53. The van der Waals surface area contributed by atoms with Gasteiger partial charge in [0.1, 0.15) is 23.9 Å². The molecule has 3 aromatic carbocycles. The minimum atomic E-state index is -0.631. The van der Waals surface area contributed by atoms with Crippen LogP contribution in [0.3, 0.4) is 0 Å². The molecule has 138 valence electrons. The molecule has 27 heavy (non-hydrogen) atoms. The minimum Gasteiger partial charge on any atom is -0.495 e. The van der Waals surface area contributed by atoms with Gasteiger partial charge < -0.3 is 14.2 Å². The second-order valence-corrected chi connectivity index (χ2v) is 6.04. The molecule has 0 bridgehead atoms. The number of carbonyl (C=O) groups excluding carboxylic acids is 1. The fourth-order valence-corrected chi connectivity index (χ4v) is 2.52. The second-order valence-electron chi connectivity index (χ2n) is 5.60. The summed E-state index contributed by atoms with van der Waals surface area (Å²) in [5.41, 5.74) is 1.55. The van der Waals surface area contributed by atoms with E-state index in [1.165, 1.54) is 7.11 Å². The number of rotatable bonds is 6. The van der Waals surface area contributed by atoms with Crippen molar-refractivity contribution in [3.05, 3.63) is 83.4 Å². The standard InChI is InChI=1S/C21H18ClNO4/c1-25-20-13-16(22)7-12-19(20)23-21(24)27-18-10-8-17(9-11-18)26-14-15-5-3-2-4-6-15/h2-13H,14H2,1H3,(H,23,24). The number of hydrogen-bond acceptors (Lipinski definition) is 4. The highest BCUT2D eigenvalue weighted by atomic mass is 35.5. The fraction of sp³-hybridized carbons (Fsp3) is 0.0952. The molecule has 3 aromatic rings. The molecular weight excluding hydrogens is 366 g/mol. The lowest BCUT2D eigenvalue weighted by Crippen LogP contribution is -2.17. The van der Waals surface area contributed by atoms with E-state index in [0.717, 1.165) is 5.56 Å². The lowest BCUT2D eigenvalue weighted by atomic mass is 10.2. The third-order valence-corrected chi connectivity index (χ3v) is 3.92. The Kier molecular flexibility index (Phi) is 6.18. The Morgan fingerprint density at radius 1 is 0.963 bits per heavy atom. The zero-order valence-corrected chi connectivity index (χ0v) is 15.4. The predicted molar refractivity (Wildman–Crippen MR) is 105 cm³/mol. The van der Waals surface area contributed by atoms with Gasteiger partial charge in [-0.25, -0.2) is 4.79 Å². The molecule has 0 aromatic heterocycles. The van der Waals surface area contributed by atoms with Gasteiger partial charge in [0.15, 0.2) is 0 Å². The summed E-state index contributed by atoms with van der Waals surface area (Å²) in [4.78, 5) is 12.1. The molecule has 0 radical (unpaired) electrons. The topological polar surface area (TPSA) is 56.8 Å². The summed E-state index contributed by atoms with van der Waals surface area (Å²) in [5, 5.41) is 3.13. The maximum Gasteiger partial charge on any atom is 0.417 e. The lowest BCUT2D eigenvalue weighted by Gasteiger charge is -2.11. The van der Waals surface area contributed by atoms with Crippen LogP contribution in [0, 0.1) is 0 Å². The average Bonchev–Trinajstić information content (AvgIpc) is 2.69. The maximum absolute atomic E-state index is 12.1. The first-order chi connectivity index (χ1) is 13.1. The Morgan fingerprint density at radius 2 is 1.67 bits per heavy atom. The van der Waals surface area contributed by atoms with Crippen molar-refractivity contribution < 1.29 is 19.0 Å². The van der Waals surface area contributed by atoms with Crippen LogP contribution in [-0.4, -0.2) is 13.2 Å². The number of amides is 1. The van der Waals surface area contributed by atoms with Crippen molar-refractivity contribution in [1.29, 1.82) is 0 Å². The number of nitrogens with one attached hydrogen (secondary N) is 1. The van der Waals surface area contributed by atoms with E-state index in [0.29, 0.717) is 34.6 Å². The van der Waals surface area contributed by atoms with Crippen molar-refractivity contribution in [2.24, 2.45) is 0 Å². The van der Waals surface area contributed by atoms with Gasteiger partial charge in [0.2, 0.25) is 0 Å². The zero-order valence-electron chi connectivity index (χ0n) is 14.6. The smallest absolute Gasteiger partial charge is 0.417 e. The van der Waals surface area contributed by atoms with E-state index in [4.69, 9.17) is 25.8 Å².